The van der Waals surface area contributed by atoms with Crippen molar-refractivity contribution in [3.63, 3.8) is 0 Å². The molecule has 2 aromatic carbocycles. The summed E-state index contributed by atoms with van der Waals surface area (Å²) in [5, 5.41) is 4.71. The van der Waals surface area contributed by atoms with E-state index in [0.29, 0.717) is 0 Å². The average molecular weight is 309 g/mol. The molecule has 0 saturated carbocycles. The summed E-state index contributed by atoms with van der Waals surface area (Å²) in [6.07, 6.45) is 2.16. The minimum atomic E-state index is 1.06. The van der Waals surface area contributed by atoms with E-state index >= 15 is 0 Å². The number of para-hydroxylation sites is 2. The van der Waals surface area contributed by atoms with Crippen LogP contribution in [0.1, 0.15) is 0 Å². The van der Waals surface area contributed by atoms with Gasteiger partial charge in [-0.15, -0.1) is 0 Å². The van der Waals surface area contributed by atoms with Crippen LogP contribution in [0.15, 0.2) is 65.7 Å². The highest BCUT2D eigenvalue weighted by Gasteiger charge is 2.14. The van der Waals surface area contributed by atoms with Gasteiger partial charge in [0.05, 0.1) is 16.1 Å². The van der Waals surface area contributed by atoms with Gasteiger partial charge in [-0.1, -0.05) is 30.3 Å². The van der Waals surface area contributed by atoms with Gasteiger partial charge in [-0.2, -0.15) is 0 Å². The third-order valence-electron chi connectivity index (χ3n) is 4.08. The lowest BCUT2D eigenvalue weighted by Crippen LogP contribution is -2.43. The molecule has 1 aliphatic heterocycles. The summed E-state index contributed by atoms with van der Waals surface area (Å²) in [6, 6.07) is 19.4. The number of fused-ring (bicyclic) bond motifs is 1. The minimum Gasteiger partial charge on any atom is -0.368 e. The fourth-order valence-electron chi connectivity index (χ4n) is 2.94. The van der Waals surface area contributed by atoms with E-state index in [1.54, 1.807) is 11.9 Å². The van der Waals surface area contributed by atoms with E-state index < -0.39 is 0 Å². The molecule has 4 rings (SSSR count). The van der Waals surface area contributed by atoms with E-state index in [-0.39, 0.29) is 0 Å². The number of hydrogen-bond acceptors (Lipinski definition) is 3. The summed E-state index contributed by atoms with van der Waals surface area (Å²) in [5.41, 5.74) is 2.61. The molecule has 112 valence electrons. The Morgan fingerprint density at radius 1 is 0.864 bits per heavy atom. The van der Waals surface area contributed by atoms with Gasteiger partial charge in [0.1, 0.15) is 0 Å². The molecule has 1 aliphatic rings. The van der Waals surface area contributed by atoms with Gasteiger partial charge >= 0.3 is 0 Å². The predicted molar refractivity (Wildman–Crippen MR) is 94.7 cm³/mol. The molecular weight excluding hydrogens is 290 g/mol. The number of rotatable bonds is 3. The standard InChI is InChI=1S/C18H19N3S/c1-2-6-16-15(5-1)9-12-21(16)22-18-8-4-3-7-17(18)20-13-10-19-11-14-20/h1-9,12,19H,10-11,13-14H2. The Bertz CT molecular complexity index is 775. The Kier molecular flexibility index (Phi) is 3.79. The van der Waals surface area contributed by atoms with Crippen molar-refractivity contribution in [2.24, 2.45) is 0 Å². The lowest BCUT2D eigenvalue weighted by Gasteiger charge is -2.30. The zero-order chi connectivity index (χ0) is 14.8. The first kappa shape index (κ1) is 13.7. The van der Waals surface area contributed by atoms with Crippen LogP contribution in [-0.4, -0.2) is 30.2 Å². The minimum absolute atomic E-state index is 1.06. The first-order valence-corrected chi connectivity index (χ1v) is 8.48. The zero-order valence-electron chi connectivity index (χ0n) is 12.4. The van der Waals surface area contributed by atoms with Crippen molar-refractivity contribution in [1.82, 2.24) is 9.29 Å². The lowest BCUT2D eigenvalue weighted by molar-refractivity contribution is 0.587. The first-order valence-electron chi connectivity index (χ1n) is 7.71. The number of benzene rings is 2. The van der Waals surface area contributed by atoms with Crippen molar-refractivity contribution < 1.29 is 0 Å². The highest BCUT2D eigenvalue weighted by Crippen LogP contribution is 2.33. The molecule has 0 unspecified atom stereocenters. The van der Waals surface area contributed by atoms with Gasteiger partial charge in [0.15, 0.2) is 0 Å². The molecule has 3 aromatic rings. The molecule has 1 saturated heterocycles. The van der Waals surface area contributed by atoms with Gasteiger partial charge in [0.2, 0.25) is 0 Å². The van der Waals surface area contributed by atoms with Crippen molar-refractivity contribution in [3.8, 4) is 0 Å². The number of hydrogen-bond donors (Lipinski definition) is 1. The molecule has 1 fully saturated rings. The maximum Gasteiger partial charge on any atom is 0.0594 e. The second-order valence-electron chi connectivity index (χ2n) is 5.50. The van der Waals surface area contributed by atoms with E-state index in [1.807, 2.05) is 0 Å². The third-order valence-corrected chi connectivity index (χ3v) is 5.14. The SMILES string of the molecule is c1ccc(N2CCNCC2)c(Sn2ccc3ccccc32)c1. The van der Waals surface area contributed by atoms with E-state index in [0.717, 1.165) is 26.2 Å². The molecular formula is C18H19N3S. The van der Waals surface area contributed by atoms with Gasteiger partial charge in [-0.3, -0.25) is 3.97 Å². The zero-order valence-corrected chi connectivity index (χ0v) is 13.2. The number of nitrogens with zero attached hydrogens (tertiary/aromatic N) is 2. The molecule has 3 nitrogen and oxygen atoms in total. The van der Waals surface area contributed by atoms with Crippen LogP contribution >= 0.6 is 11.9 Å². The topological polar surface area (TPSA) is 20.2 Å². The molecule has 4 heteroatoms. The quantitative estimate of drug-likeness (QED) is 0.798. The van der Waals surface area contributed by atoms with Gasteiger partial charge < -0.3 is 10.2 Å². The summed E-state index contributed by atoms with van der Waals surface area (Å²) in [4.78, 5) is 3.79. The van der Waals surface area contributed by atoms with E-state index in [9.17, 15) is 0 Å². The Hall–Kier alpha value is -1.91. The number of aromatic nitrogens is 1. The van der Waals surface area contributed by atoms with E-state index in [4.69, 9.17) is 0 Å². The molecule has 22 heavy (non-hydrogen) atoms. The number of nitrogens with one attached hydrogen (secondary N) is 1. The first-order chi connectivity index (χ1) is 10.9. The fourth-order valence-corrected chi connectivity index (χ4v) is 3.97. The summed E-state index contributed by atoms with van der Waals surface area (Å²) in [6.45, 7) is 4.27. The molecule has 0 radical (unpaired) electrons. The fraction of sp³-hybridized carbons (Fsp3) is 0.222. The largest absolute Gasteiger partial charge is 0.368 e. The van der Waals surface area contributed by atoms with Gasteiger partial charge in [0, 0.05) is 37.8 Å². The van der Waals surface area contributed by atoms with Gasteiger partial charge in [0.25, 0.3) is 0 Å². The van der Waals surface area contributed by atoms with Crippen LogP contribution in [0.3, 0.4) is 0 Å². The summed E-state index contributed by atoms with van der Waals surface area (Å²) in [5.74, 6) is 0. The normalized spacial score (nSPS) is 15.4. The van der Waals surface area contributed by atoms with Crippen LogP contribution in [0.5, 0.6) is 0 Å². The van der Waals surface area contributed by atoms with Crippen molar-refractivity contribution >= 4 is 28.5 Å². The number of piperazine rings is 1. The predicted octanol–water partition coefficient (Wildman–Crippen LogP) is 3.61. The maximum atomic E-state index is 3.42. The van der Waals surface area contributed by atoms with Crippen LogP contribution in [0.2, 0.25) is 0 Å². The number of anilines is 1. The van der Waals surface area contributed by atoms with Gasteiger partial charge in [-0.25, -0.2) is 0 Å². The maximum absolute atomic E-state index is 3.42. The summed E-state index contributed by atoms with van der Waals surface area (Å²) >= 11 is 1.80. The van der Waals surface area contributed by atoms with E-state index in [2.05, 4.69) is 75.0 Å². The Balaban J connectivity index is 1.68. The molecule has 2 heterocycles. The molecule has 1 aromatic heterocycles. The Morgan fingerprint density at radius 2 is 1.64 bits per heavy atom. The smallest absolute Gasteiger partial charge is 0.0594 e. The molecule has 0 aliphatic carbocycles. The van der Waals surface area contributed by atoms with Crippen LogP contribution in [0.4, 0.5) is 5.69 Å². The molecule has 0 atom stereocenters. The second-order valence-corrected chi connectivity index (χ2v) is 6.51. The third kappa shape index (κ3) is 2.60. The summed E-state index contributed by atoms with van der Waals surface area (Å²) in [7, 11) is 0. The van der Waals surface area contributed by atoms with Crippen LogP contribution in [-0.2, 0) is 0 Å². The van der Waals surface area contributed by atoms with Crippen molar-refractivity contribution in [2.45, 2.75) is 4.90 Å². The van der Waals surface area contributed by atoms with Crippen LogP contribution in [0.25, 0.3) is 10.9 Å². The second kappa shape index (κ2) is 6.07. The van der Waals surface area contributed by atoms with Crippen molar-refractivity contribution in [3.05, 3.63) is 60.8 Å². The molecule has 0 spiro atoms. The van der Waals surface area contributed by atoms with Crippen LogP contribution in [0, 0.1) is 0 Å². The highest BCUT2D eigenvalue weighted by molar-refractivity contribution is 7.98. The average Bonchev–Trinajstić information content (AvgIpc) is 2.99. The van der Waals surface area contributed by atoms with Crippen LogP contribution < -0.4 is 10.2 Å². The summed E-state index contributed by atoms with van der Waals surface area (Å²) < 4.78 is 2.26. The lowest BCUT2D eigenvalue weighted by atomic mass is 10.2. The van der Waals surface area contributed by atoms with Crippen molar-refractivity contribution in [2.75, 3.05) is 31.1 Å². The monoisotopic (exact) mass is 309 g/mol. The molecule has 0 amide bonds. The molecule has 1 N–H and O–H groups in total. The Morgan fingerprint density at radius 3 is 2.55 bits per heavy atom. The molecule has 0 bridgehead atoms. The Labute approximate surface area is 135 Å². The van der Waals surface area contributed by atoms with E-state index in [1.165, 1.54) is 21.5 Å². The van der Waals surface area contributed by atoms with Crippen molar-refractivity contribution in [1.29, 1.82) is 0 Å². The van der Waals surface area contributed by atoms with Gasteiger partial charge in [-0.05, 0) is 36.2 Å². The highest BCUT2D eigenvalue weighted by atomic mass is 32.2.